The quantitative estimate of drug-likeness (QED) is 0.796. The van der Waals surface area contributed by atoms with Gasteiger partial charge in [-0.1, -0.05) is 19.1 Å². The molecule has 152 valence electrons. The lowest BCUT2D eigenvalue weighted by Crippen LogP contribution is -2.52. The average molecular weight is 398 g/mol. The minimum Gasteiger partial charge on any atom is -0.444 e. The van der Waals surface area contributed by atoms with E-state index in [2.05, 4.69) is 17.0 Å². The summed E-state index contributed by atoms with van der Waals surface area (Å²) in [5.74, 6) is 0.410. The van der Waals surface area contributed by atoms with Crippen LogP contribution >= 0.6 is 0 Å². The minimum absolute atomic E-state index is 0.121. The lowest BCUT2D eigenvalue weighted by molar-refractivity contribution is 0.0147. The van der Waals surface area contributed by atoms with Crippen molar-refractivity contribution in [1.82, 2.24) is 14.9 Å². The second-order valence-corrected chi connectivity index (χ2v) is 9.92. The van der Waals surface area contributed by atoms with E-state index in [1.807, 2.05) is 26.8 Å². The molecule has 1 amide bonds. The Labute approximate surface area is 162 Å². The Bertz CT molecular complexity index is 758. The van der Waals surface area contributed by atoms with E-state index in [9.17, 15) is 13.2 Å². The molecule has 0 aliphatic carbocycles. The number of carbonyl (C=O) groups excluding carboxylic acids is 1. The molecule has 1 aromatic carbocycles. The van der Waals surface area contributed by atoms with Gasteiger partial charge in [0.2, 0.25) is 10.0 Å². The van der Waals surface area contributed by atoms with Gasteiger partial charge in [-0.05, 0) is 57.9 Å². The van der Waals surface area contributed by atoms with Crippen molar-refractivity contribution in [2.75, 3.05) is 20.1 Å². The normalized spacial score (nSPS) is 21.1. The fourth-order valence-corrected chi connectivity index (χ4v) is 3.82. The average Bonchev–Trinajstić information content (AvgIpc) is 2.59. The van der Waals surface area contributed by atoms with Gasteiger partial charge in [0, 0.05) is 25.7 Å². The van der Waals surface area contributed by atoms with Gasteiger partial charge < -0.3 is 15.0 Å². The van der Waals surface area contributed by atoms with E-state index in [0.717, 1.165) is 12.0 Å². The fourth-order valence-electron chi connectivity index (χ4n) is 3.02. The number of nitrogens with zero attached hydrogens (tertiary/aromatic N) is 1. The first kappa shape index (κ1) is 21.7. The van der Waals surface area contributed by atoms with Gasteiger partial charge in [-0.25, -0.2) is 17.9 Å². The molecular formula is C19H31N3O4S. The van der Waals surface area contributed by atoms with Crippen LogP contribution in [-0.4, -0.2) is 51.2 Å². The Kier molecular flexibility index (Phi) is 6.88. The number of piperidine rings is 1. The summed E-state index contributed by atoms with van der Waals surface area (Å²) in [5.41, 5.74) is 0.371. The number of ether oxygens (including phenoxy) is 1. The number of likely N-dealkylation sites (tertiary alicyclic amines) is 1. The highest BCUT2D eigenvalue weighted by Crippen LogP contribution is 2.20. The van der Waals surface area contributed by atoms with Crippen molar-refractivity contribution in [2.24, 2.45) is 5.92 Å². The summed E-state index contributed by atoms with van der Waals surface area (Å²) in [7, 11) is -2.06. The predicted molar refractivity (Wildman–Crippen MR) is 105 cm³/mol. The van der Waals surface area contributed by atoms with Gasteiger partial charge in [0.15, 0.2) is 0 Å². The Hall–Kier alpha value is -1.64. The van der Waals surface area contributed by atoms with Crippen molar-refractivity contribution < 1.29 is 17.9 Å². The van der Waals surface area contributed by atoms with Crippen LogP contribution in [0.2, 0.25) is 0 Å². The Morgan fingerprint density at radius 2 is 2.04 bits per heavy atom. The van der Waals surface area contributed by atoms with E-state index in [0.29, 0.717) is 25.6 Å². The number of benzene rings is 1. The third-order valence-electron chi connectivity index (χ3n) is 4.66. The molecule has 0 spiro atoms. The maximum absolute atomic E-state index is 12.3. The number of nitrogens with one attached hydrogen (secondary N) is 2. The van der Waals surface area contributed by atoms with E-state index < -0.39 is 15.6 Å². The lowest BCUT2D eigenvalue weighted by atomic mass is 9.93. The molecule has 0 aromatic heterocycles. The van der Waals surface area contributed by atoms with Crippen LogP contribution in [0.1, 0.15) is 39.7 Å². The summed E-state index contributed by atoms with van der Waals surface area (Å²) >= 11 is 0. The zero-order valence-corrected chi connectivity index (χ0v) is 17.6. The van der Waals surface area contributed by atoms with Crippen molar-refractivity contribution in [2.45, 2.75) is 57.2 Å². The monoisotopic (exact) mass is 397 g/mol. The summed E-state index contributed by atoms with van der Waals surface area (Å²) in [6.07, 6.45) is 0.605. The highest BCUT2D eigenvalue weighted by atomic mass is 32.2. The third-order valence-corrected chi connectivity index (χ3v) is 6.07. The van der Waals surface area contributed by atoms with E-state index >= 15 is 0 Å². The Balaban J connectivity index is 2.00. The molecule has 2 atom stereocenters. The summed E-state index contributed by atoms with van der Waals surface area (Å²) in [4.78, 5) is 14.3. The van der Waals surface area contributed by atoms with Crippen LogP contribution in [0.15, 0.2) is 29.2 Å². The molecule has 7 nitrogen and oxygen atoms in total. The highest BCUT2D eigenvalue weighted by molar-refractivity contribution is 7.89. The third kappa shape index (κ3) is 6.19. The fraction of sp³-hybridized carbons (Fsp3) is 0.632. The van der Waals surface area contributed by atoms with Crippen LogP contribution < -0.4 is 10.0 Å². The van der Waals surface area contributed by atoms with Crippen LogP contribution in [0.3, 0.4) is 0 Å². The molecule has 2 rings (SSSR count). The molecule has 2 N–H and O–H groups in total. The Morgan fingerprint density at radius 1 is 1.33 bits per heavy atom. The van der Waals surface area contributed by atoms with Crippen LogP contribution in [0.5, 0.6) is 0 Å². The Morgan fingerprint density at radius 3 is 2.67 bits per heavy atom. The molecule has 1 saturated heterocycles. The second-order valence-electron chi connectivity index (χ2n) is 8.03. The number of hydrogen-bond acceptors (Lipinski definition) is 5. The smallest absolute Gasteiger partial charge is 0.410 e. The molecule has 27 heavy (non-hydrogen) atoms. The largest absolute Gasteiger partial charge is 0.444 e. The van der Waals surface area contributed by atoms with Crippen molar-refractivity contribution in [3.63, 3.8) is 0 Å². The molecule has 0 radical (unpaired) electrons. The summed E-state index contributed by atoms with van der Waals surface area (Å²) in [5, 5.41) is 3.47. The number of amides is 1. The van der Waals surface area contributed by atoms with E-state index in [4.69, 9.17) is 4.74 Å². The zero-order chi connectivity index (χ0) is 20.2. The molecular weight excluding hydrogens is 366 g/mol. The number of rotatable bonds is 5. The molecule has 0 saturated carbocycles. The number of carbonyl (C=O) groups is 1. The van der Waals surface area contributed by atoms with Gasteiger partial charge >= 0.3 is 6.09 Å². The van der Waals surface area contributed by atoms with E-state index in [1.54, 1.807) is 23.1 Å². The molecule has 1 aliphatic heterocycles. The lowest BCUT2D eigenvalue weighted by Gasteiger charge is -2.38. The van der Waals surface area contributed by atoms with Gasteiger partial charge in [-0.3, -0.25) is 0 Å². The van der Waals surface area contributed by atoms with E-state index in [1.165, 1.54) is 7.05 Å². The first-order valence-electron chi connectivity index (χ1n) is 9.25. The van der Waals surface area contributed by atoms with Crippen LogP contribution in [-0.2, 0) is 21.3 Å². The first-order valence-corrected chi connectivity index (χ1v) is 10.7. The maximum atomic E-state index is 12.3. The predicted octanol–water partition coefficient (Wildman–Crippen LogP) is 2.33. The van der Waals surface area contributed by atoms with Gasteiger partial charge in [-0.15, -0.1) is 0 Å². The molecule has 1 fully saturated rings. The second kappa shape index (κ2) is 8.58. The van der Waals surface area contributed by atoms with Crippen LogP contribution in [0.25, 0.3) is 0 Å². The highest BCUT2D eigenvalue weighted by Gasteiger charge is 2.31. The molecule has 1 aliphatic rings. The molecule has 0 unspecified atom stereocenters. The summed E-state index contributed by atoms with van der Waals surface area (Å²) in [6.45, 7) is 9.53. The minimum atomic E-state index is -3.46. The SMILES string of the molecule is CNS(=O)(=O)c1cccc(CN[C@H]2CN(C(=O)OC(C)(C)C)CC[C@@H]2C)c1. The van der Waals surface area contributed by atoms with Crippen LogP contribution in [0.4, 0.5) is 4.79 Å². The zero-order valence-electron chi connectivity index (χ0n) is 16.8. The van der Waals surface area contributed by atoms with Crippen molar-refractivity contribution in [3.05, 3.63) is 29.8 Å². The van der Waals surface area contributed by atoms with Crippen LogP contribution in [0, 0.1) is 5.92 Å². The first-order chi connectivity index (χ1) is 12.5. The van der Waals surface area contributed by atoms with E-state index in [-0.39, 0.29) is 17.0 Å². The maximum Gasteiger partial charge on any atom is 0.410 e. The van der Waals surface area contributed by atoms with Crippen molar-refractivity contribution >= 4 is 16.1 Å². The number of hydrogen-bond donors (Lipinski definition) is 2. The standard InChI is InChI=1S/C19H31N3O4S/c1-14-9-10-22(18(23)26-19(2,3)4)13-17(14)21-12-15-7-6-8-16(11-15)27(24,25)20-5/h6-8,11,14,17,20-21H,9-10,12-13H2,1-5H3/t14-,17-/m0/s1. The van der Waals surface area contributed by atoms with Crippen molar-refractivity contribution in [1.29, 1.82) is 0 Å². The number of sulfonamides is 1. The van der Waals surface area contributed by atoms with Crippen molar-refractivity contribution in [3.8, 4) is 0 Å². The van der Waals surface area contributed by atoms with Gasteiger partial charge in [-0.2, -0.15) is 0 Å². The molecule has 1 aromatic rings. The summed E-state index contributed by atoms with van der Waals surface area (Å²) < 4.78 is 31.7. The van der Waals surface area contributed by atoms with Gasteiger partial charge in [0.1, 0.15) is 5.60 Å². The van der Waals surface area contributed by atoms with Gasteiger partial charge in [0.25, 0.3) is 0 Å². The summed E-state index contributed by atoms with van der Waals surface area (Å²) in [6, 6.07) is 6.98. The topological polar surface area (TPSA) is 87.7 Å². The molecule has 1 heterocycles. The molecule has 8 heteroatoms. The molecule has 0 bridgehead atoms. The van der Waals surface area contributed by atoms with Gasteiger partial charge in [0.05, 0.1) is 4.90 Å².